The SMILES string of the molecule is CCCCC[C@H]1CC[C@H](c2cnc(-c3ccc(C#N)cc3)nc2)CC1. The van der Waals surface area contributed by atoms with Gasteiger partial charge in [0.25, 0.3) is 0 Å². The number of benzene rings is 1. The average Bonchev–Trinajstić information content (AvgIpc) is 2.69. The van der Waals surface area contributed by atoms with Crippen LogP contribution in [-0.2, 0) is 0 Å². The molecule has 1 fully saturated rings. The van der Waals surface area contributed by atoms with Crippen molar-refractivity contribution < 1.29 is 0 Å². The zero-order valence-corrected chi connectivity index (χ0v) is 15.1. The number of nitriles is 1. The van der Waals surface area contributed by atoms with Gasteiger partial charge in [-0.1, -0.05) is 32.6 Å². The van der Waals surface area contributed by atoms with E-state index in [4.69, 9.17) is 5.26 Å². The molecule has 3 rings (SSSR count). The van der Waals surface area contributed by atoms with Gasteiger partial charge in [0.05, 0.1) is 11.6 Å². The Bertz CT molecular complexity index is 690. The predicted octanol–water partition coefficient (Wildman–Crippen LogP) is 5.87. The molecule has 0 radical (unpaired) electrons. The van der Waals surface area contributed by atoms with E-state index in [1.165, 1.54) is 56.9 Å². The first-order valence-corrected chi connectivity index (χ1v) is 9.62. The quantitative estimate of drug-likeness (QED) is 0.621. The summed E-state index contributed by atoms with van der Waals surface area (Å²) in [7, 11) is 0. The highest BCUT2D eigenvalue weighted by molar-refractivity contribution is 5.56. The van der Waals surface area contributed by atoms with Crippen LogP contribution in [0.4, 0.5) is 0 Å². The summed E-state index contributed by atoms with van der Waals surface area (Å²) in [6, 6.07) is 9.58. The molecule has 1 aromatic heterocycles. The summed E-state index contributed by atoms with van der Waals surface area (Å²) in [5, 5.41) is 8.88. The normalized spacial score (nSPS) is 20.2. The maximum atomic E-state index is 8.88. The molecule has 0 spiro atoms. The topological polar surface area (TPSA) is 49.6 Å². The number of rotatable bonds is 6. The summed E-state index contributed by atoms with van der Waals surface area (Å²) < 4.78 is 0. The summed E-state index contributed by atoms with van der Waals surface area (Å²) in [5.74, 6) is 2.29. The number of nitrogens with zero attached hydrogens (tertiary/aromatic N) is 3. The van der Waals surface area contributed by atoms with Crippen molar-refractivity contribution in [2.75, 3.05) is 0 Å². The predicted molar refractivity (Wildman–Crippen MR) is 101 cm³/mol. The van der Waals surface area contributed by atoms with E-state index in [2.05, 4.69) is 23.0 Å². The van der Waals surface area contributed by atoms with E-state index < -0.39 is 0 Å². The molecule has 1 saturated carbocycles. The van der Waals surface area contributed by atoms with Gasteiger partial charge in [-0.3, -0.25) is 0 Å². The van der Waals surface area contributed by atoms with Crippen molar-refractivity contribution in [3.05, 3.63) is 47.8 Å². The van der Waals surface area contributed by atoms with Gasteiger partial charge in [0.1, 0.15) is 0 Å². The monoisotopic (exact) mass is 333 g/mol. The third-order valence-electron chi connectivity index (χ3n) is 5.48. The summed E-state index contributed by atoms with van der Waals surface area (Å²) in [5.41, 5.74) is 2.91. The van der Waals surface area contributed by atoms with Crippen molar-refractivity contribution in [3.8, 4) is 17.5 Å². The van der Waals surface area contributed by atoms with Gasteiger partial charge in [-0.25, -0.2) is 9.97 Å². The van der Waals surface area contributed by atoms with E-state index in [9.17, 15) is 0 Å². The fraction of sp³-hybridized carbons (Fsp3) is 0.500. The van der Waals surface area contributed by atoms with Crippen molar-refractivity contribution in [2.45, 2.75) is 64.2 Å². The molecule has 0 saturated heterocycles. The third-order valence-corrected chi connectivity index (χ3v) is 5.48. The molecular formula is C22H27N3. The van der Waals surface area contributed by atoms with Crippen LogP contribution >= 0.6 is 0 Å². The highest BCUT2D eigenvalue weighted by atomic mass is 14.9. The molecule has 3 heteroatoms. The second-order valence-electron chi connectivity index (χ2n) is 7.24. The molecule has 2 aromatic rings. The maximum absolute atomic E-state index is 8.88. The standard InChI is InChI=1S/C22H27N3/c1-2-3-4-5-17-6-10-19(11-7-17)21-15-24-22(25-16-21)20-12-8-18(14-23)9-13-20/h8-9,12-13,15-17,19H,2-7,10-11H2,1H3/t17-,19-. The van der Waals surface area contributed by atoms with Crippen molar-refractivity contribution in [2.24, 2.45) is 5.92 Å². The van der Waals surface area contributed by atoms with Gasteiger partial charge < -0.3 is 0 Å². The number of aromatic nitrogens is 2. The smallest absolute Gasteiger partial charge is 0.159 e. The molecule has 130 valence electrons. The van der Waals surface area contributed by atoms with Crippen LogP contribution in [0.15, 0.2) is 36.7 Å². The number of hydrogen-bond acceptors (Lipinski definition) is 3. The zero-order chi connectivity index (χ0) is 17.5. The fourth-order valence-corrected chi connectivity index (χ4v) is 3.86. The van der Waals surface area contributed by atoms with Crippen molar-refractivity contribution in [1.82, 2.24) is 9.97 Å². The van der Waals surface area contributed by atoms with Crippen LogP contribution < -0.4 is 0 Å². The maximum Gasteiger partial charge on any atom is 0.159 e. The molecule has 0 bridgehead atoms. The first-order valence-electron chi connectivity index (χ1n) is 9.62. The van der Waals surface area contributed by atoms with E-state index in [-0.39, 0.29) is 0 Å². The molecule has 0 N–H and O–H groups in total. The minimum Gasteiger partial charge on any atom is -0.236 e. The van der Waals surface area contributed by atoms with E-state index in [0.717, 1.165) is 17.3 Å². The van der Waals surface area contributed by atoms with Crippen LogP contribution in [-0.4, -0.2) is 9.97 Å². The van der Waals surface area contributed by atoms with Gasteiger partial charge in [-0.2, -0.15) is 5.26 Å². The lowest BCUT2D eigenvalue weighted by Crippen LogP contribution is -2.14. The Kier molecular flexibility index (Phi) is 6.17. The second kappa shape index (κ2) is 8.76. The fourth-order valence-electron chi connectivity index (χ4n) is 3.86. The van der Waals surface area contributed by atoms with Crippen LogP contribution in [0.2, 0.25) is 0 Å². The molecule has 1 heterocycles. The Balaban J connectivity index is 1.57. The van der Waals surface area contributed by atoms with Crippen LogP contribution in [0, 0.1) is 17.2 Å². The van der Waals surface area contributed by atoms with Crippen molar-refractivity contribution in [1.29, 1.82) is 5.26 Å². The van der Waals surface area contributed by atoms with Gasteiger partial charge >= 0.3 is 0 Å². The second-order valence-corrected chi connectivity index (χ2v) is 7.24. The summed E-state index contributed by atoms with van der Waals surface area (Å²) in [6.07, 6.45) is 14.8. The Morgan fingerprint density at radius 3 is 2.28 bits per heavy atom. The Hall–Kier alpha value is -2.21. The third kappa shape index (κ3) is 4.66. The van der Waals surface area contributed by atoms with Crippen molar-refractivity contribution in [3.63, 3.8) is 0 Å². The lowest BCUT2D eigenvalue weighted by Gasteiger charge is -2.28. The Morgan fingerprint density at radius 1 is 1.00 bits per heavy atom. The highest BCUT2D eigenvalue weighted by Gasteiger charge is 2.22. The molecule has 0 unspecified atom stereocenters. The molecule has 1 aliphatic carbocycles. The van der Waals surface area contributed by atoms with Gasteiger partial charge in [-0.15, -0.1) is 0 Å². The van der Waals surface area contributed by atoms with Gasteiger partial charge in [0, 0.05) is 18.0 Å². The van der Waals surface area contributed by atoms with Crippen LogP contribution in [0.25, 0.3) is 11.4 Å². The average molecular weight is 333 g/mol. The molecule has 25 heavy (non-hydrogen) atoms. The minimum atomic E-state index is 0.623. The lowest BCUT2D eigenvalue weighted by atomic mass is 9.77. The molecule has 1 aromatic carbocycles. The Morgan fingerprint density at radius 2 is 1.68 bits per heavy atom. The van der Waals surface area contributed by atoms with E-state index in [1.807, 2.05) is 36.7 Å². The summed E-state index contributed by atoms with van der Waals surface area (Å²) in [6.45, 7) is 2.28. The van der Waals surface area contributed by atoms with E-state index >= 15 is 0 Å². The number of hydrogen-bond donors (Lipinski definition) is 0. The van der Waals surface area contributed by atoms with Crippen molar-refractivity contribution >= 4 is 0 Å². The van der Waals surface area contributed by atoms with Gasteiger partial charge in [0.2, 0.25) is 0 Å². The van der Waals surface area contributed by atoms with Crippen LogP contribution in [0.3, 0.4) is 0 Å². The van der Waals surface area contributed by atoms with Crippen LogP contribution in [0.1, 0.15) is 75.3 Å². The molecule has 3 nitrogen and oxygen atoms in total. The minimum absolute atomic E-state index is 0.623. The van der Waals surface area contributed by atoms with E-state index in [1.54, 1.807) is 0 Å². The molecule has 0 atom stereocenters. The largest absolute Gasteiger partial charge is 0.236 e. The van der Waals surface area contributed by atoms with Gasteiger partial charge in [0.15, 0.2) is 5.82 Å². The first-order chi connectivity index (χ1) is 12.3. The molecular weight excluding hydrogens is 306 g/mol. The lowest BCUT2D eigenvalue weighted by molar-refractivity contribution is 0.302. The Labute approximate surface area is 151 Å². The molecule has 0 aliphatic heterocycles. The van der Waals surface area contributed by atoms with E-state index in [0.29, 0.717) is 11.5 Å². The zero-order valence-electron chi connectivity index (χ0n) is 15.1. The highest BCUT2D eigenvalue weighted by Crippen LogP contribution is 2.37. The molecule has 1 aliphatic rings. The van der Waals surface area contributed by atoms with Gasteiger partial charge in [-0.05, 0) is 67.3 Å². The van der Waals surface area contributed by atoms with Crippen LogP contribution in [0.5, 0.6) is 0 Å². The molecule has 0 amide bonds. The summed E-state index contributed by atoms with van der Waals surface area (Å²) in [4.78, 5) is 9.13. The first kappa shape index (κ1) is 17.6. The summed E-state index contributed by atoms with van der Waals surface area (Å²) >= 11 is 0. The number of unbranched alkanes of at least 4 members (excludes halogenated alkanes) is 2.